The predicted octanol–water partition coefficient (Wildman–Crippen LogP) is 6.24. The number of nitrogens with zero attached hydrogens (tertiary/aromatic N) is 3. The smallest absolute Gasteiger partial charge is 0.259 e. The first kappa shape index (κ1) is 19.8. The molecule has 8 rings (SSSR count). The second-order valence-corrected chi connectivity index (χ2v) is 11.8. The van der Waals surface area contributed by atoms with Crippen LogP contribution in [0.5, 0.6) is 0 Å². The van der Waals surface area contributed by atoms with Gasteiger partial charge in [-0.2, -0.15) is 4.98 Å². The first-order chi connectivity index (χ1) is 16.1. The molecule has 33 heavy (non-hydrogen) atoms. The van der Waals surface area contributed by atoms with Crippen LogP contribution in [0.1, 0.15) is 54.8 Å². The van der Waals surface area contributed by atoms with E-state index in [0.717, 1.165) is 56.7 Å². The third-order valence-corrected chi connectivity index (χ3v) is 9.50. The Balaban J connectivity index is 1.18. The van der Waals surface area contributed by atoms with Crippen LogP contribution in [0.15, 0.2) is 56.8 Å². The molecule has 0 unspecified atom stereocenters. The fraction of sp³-hybridized carbons (Fsp3) is 0.444. The summed E-state index contributed by atoms with van der Waals surface area (Å²) >= 11 is 1.62. The van der Waals surface area contributed by atoms with Gasteiger partial charge in [0.2, 0.25) is 11.7 Å². The average Bonchev–Trinajstić information content (AvgIpc) is 3.21. The molecular weight excluding hydrogens is 430 g/mol. The van der Waals surface area contributed by atoms with Crippen LogP contribution in [-0.2, 0) is 6.42 Å². The number of hydrogen-bond acceptors (Lipinski definition) is 5. The van der Waals surface area contributed by atoms with Gasteiger partial charge in [-0.05, 0) is 92.0 Å². The Bertz CT molecular complexity index is 1230. The fourth-order valence-electron chi connectivity index (χ4n) is 7.42. The number of hydrogen-bond donors (Lipinski definition) is 0. The lowest BCUT2D eigenvalue weighted by Crippen LogP contribution is -2.47. The Morgan fingerprint density at radius 1 is 1.03 bits per heavy atom. The van der Waals surface area contributed by atoms with Crippen molar-refractivity contribution >= 4 is 23.4 Å². The molecule has 5 nitrogen and oxygen atoms in total. The van der Waals surface area contributed by atoms with E-state index in [1.54, 1.807) is 16.7 Å². The van der Waals surface area contributed by atoms with Crippen LogP contribution < -0.4 is 4.90 Å². The minimum atomic E-state index is 0.0158. The number of anilines is 1. The van der Waals surface area contributed by atoms with E-state index in [-0.39, 0.29) is 5.91 Å². The lowest BCUT2D eigenvalue weighted by molar-refractivity contribution is -0.0556. The topological polar surface area (TPSA) is 59.2 Å². The molecule has 5 aliphatic rings. The lowest BCUT2D eigenvalue weighted by atomic mass is 9.49. The number of rotatable bonds is 3. The van der Waals surface area contributed by atoms with E-state index in [2.05, 4.69) is 11.2 Å². The number of carbonyl (C=O) groups excluding carboxylic acids is 1. The van der Waals surface area contributed by atoms with E-state index in [9.17, 15) is 4.79 Å². The van der Waals surface area contributed by atoms with Crippen LogP contribution in [0, 0.1) is 23.2 Å². The SMILES string of the molecule is CN1C(=O)c2ccccc2Sc2cc(-c3noc(CC45CC6CC(CC(C6)C4)C5)n3)ccc21. The molecule has 0 radical (unpaired) electrons. The van der Waals surface area contributed by atoms with Gasteiger partial charge in [0.25, 0.3) is 5.91 Å². The highest BCUT2D eigenvalue weighted by Gasteiger charge is 2.51. The van der Waals surface area contributed by atoms with Gasteiger partial charge >= 0.3 is 0 Å². The number of amides is 1. The summed E-state index contributed by atoms with van der Waals surface area (Å²) in [6.07, 6.45) is 9.28. The van der Waals surface area contributed by atoms with Gasteiger partial charge in [0.1, 0.15) is 0 Å². The van der Waals surface area contributed by atoms with Crippen molar-refractivity contribution in [2.45, 2.75) is 54.7 Å². The van der Waals surface area contributed by atoms with Crippen molar-refractivity contribution < 1.29 is 9.32 Å². The number of carbonyl (C=O) groups is 1. The molecule has 4 aliphatic carbocycles. The monoisotopic (exact) mass is 457 g/mol. The molecule has 1 aromatic heterocycles. The van der Waals surface area contributed by atoms with Crippen molar-refractivity contribution in [2.75, 3.05) is 11.9 Å². The molecule has 4 saturated carbocycles. The molecule has 1 amide bonds. The maximum Gasteiger partial charge on any atom is 0.259 e. The van der Waals surface area contributed by atoms with E-state index < -0.39 is 0 Å². The van der Waals surface area contributed by atoms with Gasteiger partial charge in [0, 0.05) is 28.8 Å². The van der Waals surface area contributed by atoms with Gasteiger partial charge in [-0.25, -0.2) is 0 Å². The van der Waals surface area contributed by atoms with Gasteiger partial charge in [0.15, 0.2) is 0 Å². The molecule has 2 aromatic carbocycles. The molecular formula is C27H27N3O2S. The van der Waals surface area contributed by atoms with Crippen LogP contribution in [0.4, 0.5) is 5.69 Å². The number of aromatic nitrogens is 2. The molecule has 168 valence electrons. The summed E-state index contributed by atoms with van der Waals surface area (Å²) in [4.78, 5) is 21.5. The van der Waals surface area contributed by atoms with Gasteiger partial charge in [-0.1, -0.05) is 29.1 Å². The maximum atomic E-state index is 12.9. The predicted molar refractivity (Wildman–Crippen MR) is 127 cm³/mol. The zero-order chi connectivity index (χ0) is 22.2. The molecule has 3 aromatic rings. The van der Waals surface area contributed by atoms with E-state index in [4.69, 9.17) is 9.51 Å². The van der Waals surface area contributed by atoms with E-state index >= 15 is 0 Å². The van der Waals surface area contributed by atoms with E-state index in [1.165, 1.54) is 38.5 Å². The second-order valence-electron chi connectivity index (χ2n) is 10.8. The first-order valence-electron chi connectivity index (χ1n) is 12.1. The third-order valence-electron chi connectivity index (χ3n) is 8.38. The molecule has 0 spiro atoms. The van der Waals surface area contributed by atoms with Gasteiger partial charge in [-0.3, -0.25) is 4.79 Å². The highest BCUT2D eigenvalue weighted by atomic mass is 32.2. The van der Waals surface area contributed by atoms with Crippen molar-refractivity contribution in [1.29, 1.82) is 0 Å². The lowest BCUT2D eigenvalue weighted by Gasteiger charge is -2.56. The fourth-order valence-corrected chi connectivity index (χ4v) is 8.57. The van der Waals surface area contributed by atoms with Gasteiger partial charge in [0.05, 0.1) is 11.3 Å². The zero-order valence-corrected chi connectivity index (χ0v) is 19.6. The Morgan fingerprint density at radius 2 is 1.76 bits per heavy atom. The average molecular weight is 458 g/mol. The highest BCUT2D eigenvalue weighted by molar-refractivity contribution is 7.99. The molecule has 2 heterocycles. The maximum absolute atomic E-state index is 12.9. The van der Waals surface area contributed by atoms with Crippen LogP contribution in [0.3, 0.4) is 0 Å². The number of benzene rings is 2. The third kappa shape index (κ3) is 3.25. The minimum Gasteiger partial charge on any atom is -0.339 e. The van der Waals surface area contributed by atoms with Crippen LogP contribution >= 0.6 is 11.8 Å². The quantitative estimate of drug-likeness (QED) is 0.466. The molecule has 0 atom stereocenters. The molecule has 6 heteroatoms. The molecule has 1 aliphatic heterocycles. The Morgan fingerprint density at radius 3 is 2.52 bits per heavy atom. The second kappa shape index (κ2) is 7.20. The summed E-state index contributed by atoms with van der Waals surface area (Å²) in [6, 6.07) is 13.9. The zero-order valence-electron chi connectivity index (χ0n) is 18.8. The summed E-state index contributed by atoms with van der Waals surface area (Å²) < 4.78 is 5.79. The van der Waals surface area contributed by atoms with Gasteiger partial charge in [-0.15, -0.1) is 0 Å². The van der Waals surface area contributed by atoms with Crippen molar-refractivity contribution in [3.63, 3.8) is 0 Å². The molecule has 4 fully saturated rings. The molecule has 0 N–H and O–H groups in total. The summed E-state index contributed by atoms with van der Waals surface area (Å²) in [6.45, 7) is 0. The van der Waals surface area contributed by atoms with Crippen molar-refractivity contribution in [1.82, 2.24) is 10.1 Å². The summed E-state index contributed by atoms with van der Waals surface area (Å²) in [7, 11) is 1.83. The summed E-state index contributed by atoms with van der Waals surface area (Å²) in [5.41, 5.74) is 2.96. The summed E-state index contributed by atoms with van der Waals surface area (Å²) in [5, 5.41) is 4.36. The van der Waals surface area contributed by atoms with E-state index in [0.29, 0.717) is 11.2 Å². The Kier molecular flexibility index (Phi) is 4.33. The molecule has 4 bridgehead atoms. The van der Waals surface area contributed by atoms with Crippen LogP contribution in [-0.4, -0.2) is 23.1 Å². The van der Waals surface area contributed by atoms with Crippen LogP contribution in [0.25, 0.3) is 11.4 Å². The first-order valence-corrected chi connectivity index (χ1v) is 12.9. The Hall–Kier alpha value is -2.60. The van der Waals surface area contributed by atoms with E-state index in [1.807, 2.05) is 43.4 Å². The summed E-state index contributed by atoms with van der Waals surface area (Å²) in [5.74, 6) is 4.20. The highest BCUT2D eigenvalue weighted by Crippen LogP contribution is 2.61. The minimum absolute atomic E-state index is 0.0158. The van der Waals surface area contributed by atoms with Crippen LogP contribution in [0.2, 0.25) is 0 Å². The Labute approximate surface area is 197 Å². The normalized spacial score (nSPS) is 29.7. The van der Waals surface area contributed by atoms with Crippen molar-refractivity contribution in [3.8, 4) is 11.4 Å². The van der Waals surface area contributed by atoms with Crippen molar-refractivity contribution in [2.24, 2.45) is 23.2 Å². The molecule has 0 saturated heterocycles. The number of fused-ring (bicyclic) bond motifs is 2. The standard InChI is InChI=1S/C27H27N3O2S/c1-30-21-7-6-19(11-23(21)33-22-5-3-2-4-20(22)26(30)31)25-28-24(32-29-25)15-27-12-16-8-17(13-27)10-18(9-16)14-27/h2-7,11,16-18H,8-10,12-15H2,1H3. The van der Waals surface area contributed by atoms with Crippen molar-refractivity contribution in [3.05, 3.63) is 53.9 Å². The van der Waals surface area contributed by atoms with Gasteiger partial charge < -0.3 is 9.42 Å². The largest absolute Gasteiger partial charge is 0.339 e.